The Hall–Kier alpha value is -4.07. The molecule has 1 unspecified atom stereocenters. The molecule has 0 radical (unpaired) electrons. The zero-order valence-corrected chi connectivity index (χ0v) is 18.5. The lowest BCUT2D eigenvalue weighted by Gasteiger charge is -2.17. The molecule has 34 heavy (non-hydrogen) atoms. The van der Waals surface area contributed by atoms with Crippen molar-refractivity contribution in [2.75, 3.05) is 17.7 Å². The van der Waals surface area contributed by atoms with E-state index in [0.29, 0.717) is 22.6 Å². The Bertz CT molecular complexity index is 1360. The van der Waals surface area contributed by atoms with Crippen molar-refractivity contribution in [2.45, 2.75) is 33.1 Å². The normalized spacial score (nSPS) is 12.7. The standard InChI is InChI=1S/C20H20F3N9O2/c1-10-8-31-18(27-10)16(11(2)34-4)15(7-26-31)29-19(33)28-13-5-14(20(21,22)23)17(24-6-13)32-9-25-12(3)30-32/h5-9,11H,1-4H3,(H2,28,29,33). The molecule has 0 spiro atoms. The molecule has 14 heteroatoms. The number of fused-ring (bicyclic) bond motifs is 1. The summed E-state index contributed by atoms with van der Waals surface area (Å²) in [4.78, 5) is 24.7. The molecule has 0 fully saturated rings. The van der Waals surface area contributed by atoms with Crippen molar-refractivity contribution in [1.29, 1.82) is 0 Å². The van der Waals surface area contributed by atoms with Crippen LogP contribution in [-0.4, -0.2) is 47.5 Å². The number of aryl methyl sites for hydroxylation is 2. The fourth-order valence-electron chi connectivity index (χ4n) is 3.33. The highest BCUT2D eigenvalue weighted by atomic mass is 19.4. The molecule has 2 amide bonds. The van der Waals surface area contributed by atoms with Crippen LogP contribution in [0.25, 0.3) is 11.5 Å². The molecular formula is C20H20F3N9O2. The number of hydrogen-bond donors (Lipinski definition) is 2. The zero-order chi connectivity index (χ0) is 24.6. The van der Waals surface area contributed by atoms with Gasteiger partial charge in [0.2, 0.25) is 0 Å². The first-order valence-corrected chi connectivity index (χ1v) is 9.98. The SMILES string of the molecule is COC(C)c1c(NC(=O)Nc2cnc(-n3cnc(C)n3)c(C(F)(F)F)c2)cnn2cc(C)nc12. The van der Waals surface area contributed by atoms with Gasteiger partial charge in [-0.25, -0.2) is 28.9 Å². The van der Waals surface area contributed by atoms with E-state index >= 15 is 0 Å². The molecule has 0 bridgehead atoms. The first-order valence-electron chi connectivity index (χ1n) is 9.98. The van der Waals surface area contributed by atoms with Crippen LogP contribution in [-0.2, 0) is 10.9 Å². The molecule has 11 nitrogen and oxygen atoms in total. The van der Waals surface area contributed by atoms with Gasteiger partial charge in [0.15, 0.2) is 11.5 Å². The minimum absolute atomic E-state index is 0.169. The predicted molar refractivity (Wildman–Crippen MR) is 115 cm³/mol. The summed E-state index contributed by atoms with van der Waals surface area (Å²) in [6.07, 6.45) is 0.156. The summed E-state index contributed by atoms with van der Waals surface area (Å²) in [6, 6.07) is -0.0185. The second-order valence-corrected chi connectivity index (χ2v) is 7.41. The Balaban J connectivity index is 1.63. The number of halogens is 3. The van der Waals surface area contributed by atoms with Gasteiger partial charge in [-0.1, -0.05) is 0 Å². The van der Waals surface area contributed by atoms with Gasteiger partial charge >= 0.3 is 12.2 Å². The number of nitrogens with one attached hydrogen (secondary N) is 2. The van der Waals surface area contributed by atoms with Crippen LogP contribution in [0.5, 0.6) is 0 Å². The molecule has 0 saturated heterocycles. The van der Waals surface area contributed by atoms with Crippen LogP contribution >= 0.6 is 0 Å². The maximum atomic E-state index is 13.7. The van der Waals surface area contributed by atoms with Crippen molar-refractivity contribution in [3.8, 4) is 5.82 Å². The Morgan fingerprint density at radius 1 is 1.18 bits per heavy atom. The van der Waals surface area contributed by atoms with E-state index in [9.17, 15) is 18.0 Å². The number of nitrogens with zero attached hydrogens (tertiary/aromatic N) is 7. The average molecular weight is 475 g/mol. The molecule has 0 aromatic carbocycles. The van der Waals surface area contributed by atoms with Crippen molar-refractivity contribution >= 4 is 23.1 Å². The molecular weight excluding hydrogens is 455 g/mol. The third kappa shape index (κ3) is 4.52. The Morgan fingerprint density at radius 2 is 1.94 bits per heavy atom. The van der Waals surface area contributed by atoms with Gasteiger partial charge in [-0.3, -0.25) is 0 Å². The number of methoxy groups -OCH3 is 1. The Kier molecular flexibility index (Phi) is 5.91. The number of carbonyl (C=O) groups excluding carboxylic acids is 1. The lowest BCUT2D eigenvalue weighted by atomic mass is 10.1. The van der Waals surface area contributed by atoms with Gasteiger partial charge in [0.25, 0.3) is 0 Å². The largest absolute Gasteiger partial charge is 0.420 e. The molecule has 178 valence electrons. The topological polar surface area (TPSA) is 124 Å². The van der Waals surface area contributed by atoms with Gasteiger partial charge in [-0.2, -0.15) is 23.4 Å². The van der Waals surface area contributed by atoms with Gasteiger partial charge in [0.1, 0.15) is 17.7 Å². The second-order valence-electron chi connectivity index (χ2n) is 7.41. The first-order chi connectivity index (χ1) is 16.1. The van der Waals surface area contributed by atoms with E-state index in [1.54, 1.807) is 31.5 Å². The van der Waals surface area contributed by atoms with Crippen molar-refractivity contribution in [1.82, 2.24) is 34.3 Å². The minimum atomic E-state index is -4.75. The summed E-state index contributed by atoms with van der Waals surface area (Å²) in [5.74, 6) is -0.171. The average Bonchev–Trinajstić information content (AvgIpc) is 3.37. The number of imidazole rings is 1. The second kappa shape index (κ2) is 8.70. The van der Waals surface area contributed by atoms with E-state index in [1.807, 2.05) is 0 Å². The molecule has 4 aromatic rings. The van der Waals surface area contributed by atoms with E-state index < -0.39 is 29.7 Å². The number of amides is 2. The van der Waals surface area contributed by atoms with E-state index in [1.165, 1.54) is 13.3 Å². The van der Waals surface area contributed by atoms with E-state index in [2.05, 4.69) is 35.8 Å². The fourth-order valence-corrected chi connectivity index (χ4v) is 3.33. The summed E-state index contributed by atoms with van der Waals surface area (Å²) in [6.45, 7) is 5.11. The quantitative estimate of drug-likeness (QED) is 0.451. The van der Waals surface area contributed by atoms with Gasteiger partial charge in [-0.15, -0.1) is 0 Å². The van der Waals surface area contributed by atoms with Crippen molar-refractivity contribution in [2.24, 2.45) is 0 Å². The summed E-state index contributed by atoms with van der Waals surface area (Å²) in [7, 11) is 1.50. The maximum absolute atomic E-state index is 13.7. The van der Waals surface area contributed by atoms with Crippen LogP contribution in [0.4, 0.5) is 29.3 Å². The molecule has 1 atom stereocenters. The molecule has 4 rings (SSSR count). The van der Waals surface area contributed by atoms with Crippen LogP contribution in [0, 0.1) is 13.8 Å². The molecule has 4 aromatic heterocycles. The van der Waals surface area contributed by atoms with Crippen LogP contribution in [0.1, 0.15) is 35.7 Å². The number of urea groups is 1. The van der Waals surface area contributed by atoms with Gasteiger partial charge in [0, 0.05) is 7.11 Å². The highest BCUT2D eigenvalue weighted by molar-refractivity contribution is 6.00. The monoisotopic (exact) mass is 475 g/mol. The number of anilines is 2. The maximum Gasteiger partial charge on any atom is 0.420 e. The Morgan fingerprint density at radius 3 is 2.59 bits per heavy atom. The molecule has 0 aliphatic rings. The van der Waals surface area contributed by atoms with E-state index in [-0.39, 0.29) is 11.5 Å². The van der Waals surface area contributed by atoms with Gasteiger partial charge in [-0.05, 0) is 26.8 Å². The zero-order valence-electron chi connectivity index (χ0n) is 18.5. The fraction of sp³-hybridized carbons (Fsp3) is 0.300. The first kappa shape index (κ1) is 23.1. The molecule has 0 aliphatic heterocycles. The molecule has 0 saturated carbocycles. The van der Waals surface area contributed by atoms with E-state index in [0.717, 1.165) is 23.3 Å². The van der Waals surface area contributed by atoms with Crippen LogP contribution in [0.3, 0.4) is 0 Å². The predicted octanol–water partition coefficient (Wildman–Crippen LogP) is 3.69. The Labute approximate surface area is 191 Å². The number of hydrogen-bond acceptors (Lipinski definition) is 7. The number of carbonyl (C=O) groups is 1. The number of aromatic nitrogens is 7. The third-order valence-electron chi connectivity index (χ3n) is 4.91. The van der Waals surface area contributed by atoms with Crippen LogP contribution < -0.4 is 10.6 Å². The smallest absolute Gasteiger partial charge is 0.377 e. The number of alkyl halides is 3. The van der Waals surface area contributed by atoms with Crippen LogP contribution in [0.2, 0.25) is 0 Å². The summed E-state index contributed by atoms with van der Waals surface area (Å²) >= 11 is 0. The lowest BCUT2D eigenvalue weighted by Crippen LogP contribution is -2.22. The highest BCUT2D eigenvalue weighted by Gasteiger charge is 2.36. The summed E-state index contributed by atoms with van der Waals surface area (Å²) in [5.41, 5.74) is 0.804. The number of pyridine rings is 1. The third-order valence-corrected chi connectivity index (χ3v) is 4.91. The highest BCUT2D eigenvalue weighted by Crippen LogP contribution is 2.34. The van der Waals surface area contributed by atoms with E-state index in [4.69, 9.17) is 4.74 Å². The summed E-state index contributed by atoms with van der Waals surface area (Å²) in [5, 5.41) is 13.1. The minimum Gasteiger partial charge on any atom is -0.377 e. The van der Waals surface area contributed by atoms with Crippen molar-refractivity contribution in [3.63, 3.8) is 0 Å². The van der Waals surface area contributed by atoms with Gasteiger partial charge in [0.05, 0.1) is 47.3 Å². The number of rotatable bonds is 5. The molecule has 2 N–H and O–H groups in total. The molecule has 0 aliphatic carbocycles. The van der Waals surface area contributed by atoms with Crippen molar-refractivity contribution < 1.29 is 22.7 Å². The lowest BCUT2D eigenvalue weighted by molar-refractivity contribution is -0.137. The van der Waals surface area contributed by atoms with Crippen LogP contribution in [0.15, 0.2) is 31.0 Å². The van der Waals surface area contributed by atoms with Crippen molar-refractivity contribution in [3.05, 3.63) is 53.6 Å². The number of ether oxygens (including phenoxy) is 1. The van der Waals surface area contributed by atoms with Gasteiger partial charge < -0.3 is 15.4 Å². The summed E-state index contributed by atoms with van der Waals surface area (Å²) < 4.78 is 48.9. The molecule has 4 heterocycles.